The molecule has 22 heavy (non-hydrogen) atoms. The minimum atomic E-state index is -0.458. The standard InChI is InChI=1S/C17H24N2O3/c1-13-3-4-15(14(2)11-13)5-6-16(21)18-7-9-19(10-8-18)17(22)12-20/h3-4,11,20H,5-10,12H2,1-2H3. The summed E-state index contributed by atoms with van der Waals surface area (Å²) in [5.41, 5.74) is 3.68. The first-order valence-electron chi connectivity index (χ1n) is 7.74. The second-order valence-corrected chi connectivity index (χ2v) is 5.85. The highest BCUT2D eigenvalue weighted by atomic mass is 16.3. The Hall–Kier alpha value is -1.88. The number of amides is 2. The third kappa shape index (κ3) is 4.07. The molecule has 2 rings (SSSR count). The number of nitrogens with zero attached hydrogens (tertiary/aromatic N) is 2. The molecule has 1 saturated heterocycles. The lowest BCUT2D eigenvalue weighted by atomic mass is 10.0. The van der Waals surface area contributed by atoms with Crippen molar-refractivity contribution < 1.29 is 14.7 Å². The smallest absolute Gasteiger partial charge is 0.248 e. The molecule has 0 bridgehead atoms. The van der Waals surface area contributed by atoms with Crippen molar-refractivity contribution in [1.29, 1.82) is 0 Å². The Morgan fingerprint density at radius 2 is 1.64 bits per heavy atom. The predicted molar refractivity (Wildman–Crippen MR) is 84.5 cm³/mol. The van der Waals surface area contributed by atoms with Gasteiger partial charge in [0, 0.05) is 32.6 Å². The van der Waals surface area contributed by atoms with Gasteiger partial charge in [-0.05, 0) is 31.4 Å². The van der Waals surface area contributed by atoms with Crippen LogP contribution in [0.4, 0.5) is 0 Å². The molecule has 1 aromatic carbocycles. The second kappa shape index (κ2) is 7.40. The lowest BCUT2D eigenvalue weighted by molar-refractivity contribution is -0.141. The molecule has 1 N–H and O–H groups in total. The fourth-order valence-corrected chi connectivity index (χ4v) is 2.83. The summed E-state index contributed by atoms with van der Waals surface area (Å²) >= 11 is 0. The maximum Gasteiger partial charge on any atom is 0.248 e. The molecule has 1 aliphatic heterocycles. The third-order valence-corrected chi connectivity index (χ3v) is 4.23. The monoisotopic (exact) mass is 304 g/mol. The van der Waals surface area contributed by atoms with E-state index >= 15 is 0 Å². The molecule has 1 aliphatic rings. The zero-order valence-electron chi connectivity index (χ0n) is 13.3. The van der Waals surface area contributed by atoms with Crippen molar-refractivity contribution in [2.24, 2.45) is 0 Å². The highest BCUT2D eigenvalue weighted by Gasteiger charge is 2.23. The number of carbonyl (C=O) groups excluding carboxylic acids is 2. The number of aliphatic hydroxyl groups is 1. The zero-order valence-corrected chi connectivity index (χ0v) is 13.3. The molecule has 0 atom stereocenters. The van der Waals surface area contributed by atoms with Crippen LogP contribution in [0.3, 0.4) is 0 Å². The van der Waals surface area contributed by atoms with Gasteiger partial charge >= 0.3 is 0 Å². The minimum Gasteiger partial charge on any atom is -0.387 e. The number of aryl methyl sites for hydroxylation is 3. The van der Waals surface area contributed by atoms with E-state index < -0.39 is 6.61 Å². The summed E-state index contributed by atoms with van der Waals surface area (Å²) < 4.78 is 0. The molecule has 2 amide bonds. The van der Waals surface area contributed by atoms with Gasteiger partial charge in [-0.25, -0.2) is 0 Å². The van der Waals surface area contributed by atoms with Gasteiger partial charge in [-0.1, -0.05) is 23.8 Å². The highest BCUT2D eigenvalue weighted by Crippen LogP contribution is 2.14. The molecule has 0 aliphatic carbocycles. The van der Waals surface area contributed by atoms with E-state index in [1.54, 1.807) is 4.90 Å². The Kier molecular flexibility index (Phi) is 5.55. The van der Waals surface area contributed by atoms with E-state index in [2.05, 4.69) is 32.0 Å². The molecule has 5 nitrogen and oxygen atoms in total. The van der Waals surface area contributed by atoms with Crippen molar-refractivity contribution in [1.82, 2.24) is 9.80 Å². The summed E-state index contributed by atoms with van der Waals surface area (Å²) in [6.07, 6.45) is 1.25. The fraction of sp³-hybridized carbons (Fsp3) is 0.529. The highest BCUT2D eigenvalue weighted by molar-refractivity contribution is 5.79. The number of hydrogen-bond acceptors (Lipinski definition) is 3. The minimum absolute atomic E-state index is 0.135. The summed E-state index contributed by atoms with van der Waals surface area (Å²) in [7, 11) is 0. The van der Waals surface area contributed by atoms with Crippen molar-refractivity contribution in [3.05, 3.63) is 34.9 Å². The Labute approximate surface area is 131 Å². The van der Waals surface area contributed by atoms with E-state index in [0.29, 0.717) is 32.6 Å². The van der Waals surface area contributed by atoms with Crippen molar-refractivity contribution in [3.8, 4) is 0 Å². The van der Waals surface area contributed by atoms with Crippen LogP contribution >= 0.6 is 0 Å². The van der Waals surface area contributed by atoms with Gasteiger partial charge in [-0.15, -0.1) is 0 Å². The van der Waals surface area contributed by atoms with E-state index in [-0.39, 0.29) is 11.8 Å². The molecule has 0 unspecified atom stereocenters. The molecule has 5 heteroatoms. The van der Waals surface area contributed by atoms with Crippen LogP contribution in [0.1, 0.15) is 23.1 Å². The van der Waals surface area contributed by atoms with Gasteiger partial charge in [0.2, 0.25) is 11.8 Å². The van der Waals surface area contributed by atoms with Crippen LogP contribution in [0.25, 0.3) is 0 Å². The quantitative estimate of drug-likeness (QED) is 0.899. The van der Waals surface area contributed by atoms with Gasteiger partial charge in [0.05, 0.1) is 0 Å². The molecule has 0 aromatic heterocycles. The first-order valence-corrected chi connectivity index (χ1v) is 7.74. The molecule has 1 fully saturated rings. The van der Waals surface area contributed by atoms with Crippen LogP contribution in [0.15, 0.2) is 18.2 Å². The van der Waals surface area contributed by atoms with E-state index in [4.69, 9.17) is 5.11 Å². The molecular weight excluding hydrogens is 280 g/mol. The molecule has 120 valence electrons. The summed E-state index contributed by atoms with van der Waals surface area (Å²) in [5, 5.41) is 8.85. The van der Waals surface area contributed by atoms with Gasteiger partial charge in [0.25, 0.3) is 0 Å². The maximum absolute atomic E-state index is 12.3. The fourth-order valence-electron chi connectivity index (χ4n) is 2.83. The lowest BCUT2D eigenvalue weighted by Crippen LogP contribution is -2.51. The Bertz CT molecular complexity index is 549. The van der Waals surface area contributed by atoms with Crippen LogP contribution < -0.4 is 0 Å². The molecular formula is C17H24N2O3. The number of benzene rings is 1. The largest absolute Gasteiger partial charge is 0.387 e. The van der Waals surface area contributed by atoms with Gasteiger partial charge < -0.3 is 14.9 Å². The average molecular weight is 304 g/mol. The first kappa shape index (κ1) is 16.5. The average Bonchev–Trinajstić information content (AvgIpc) is 2.53. The van der Waals surface area contributed by atoms with Crippen molar-refractivity contribution in [2.45, 2.75) is 26.7 Å². The number of hydrogen-bond donors (Lipinski definition) is 1. The van der Waals surface area contributed by atoms with Crippen molar-refractivity contribution in [2.75, 3.05) is 32.8 Å². The van der Waals surface area contributed by atoms with E-state index in [0.717, 1.165) is 6.42 Å². The van der Waals surface area contributed by atoms with Crippen LogP contribution in [0.2, 0.25) is 0 Å². The van der Waals surface area contributed by atoms with E-state index in [1.807, 2.05) is 4.90 Å². The second-order valence-electron chi connectivity index (χ2n) is 5.85. The summed E-state index contributed by atoms with van der Waals surface area (Å²) in [6.45, 7) is 5.81. The van der Waals surface area contributed by atoms with Crippen LogP contribution in [0, 0.1) is 13.8 Å². The predicted octanol–water partition coefficient (Wildman–Crippen LogP) is 0.899. The third-order valence-electron chi connectivity index (χ3n) is 4.23. The Balaban J connectivity index is 1.82. The topological polar surface area (TPSA) is 60.9 Å². The Morgan fingerprint density at radius 1 is 1.05 bits per heavy atom. The number of carbonyl (C=O) groups is 2. The van der Waals surface area contributed by atoms with Gasteiger partial charge in [-0.2, -0.15) is 0 Å². The van der Waals surface area contributed by atoms with Crippen molar-refractivity contribution in [3.63, 3.8) is 0 Å². The number of rotatable bonds is 4. The molecule has 0 saturated carbocycles. The summed E-state index contributed by atoms with van der Waals surface area (Å²) in [5.74, 6) is -0.126. The van der Waals surface area contributed by atoms with Gasteiger partial charge in [-0.3, -0.25) is 9.59 Å². The van der Waals surface area contributed by atoms with Crippen molar-refractivity contribution >= 4 is 11.8 Å². The molecule has 0 radical (unpaired) electrons. The van der Waals surface area contributed by atoms with Crippen LogP contribution in [-0.4, -0.2) is 59.5 Å². The van der Waals surface area contributed by atoms with Gasteiger partial charge in [0.15, 0.2) is 0 Å². The molecule has 1 aromatic rings. The van der Waals surface area contributed by atoms with E-state index in [9.17, 15) is 9.59 Å². The number of piperazine rings is 1. The summed E-state index contributed by atoms with van der Waals surface area (Å²) in [4.78, 5) is 27.1. The maximum atomic E-state index is 12.3. The first-order chi connectivity index (χ1) is 10.5. The van der Waals surface area contributed by atoms with Gasteiger partial charge in [0.1, 0.15) is 6.61 Å². The lowest BCUT2D eigenvalue weighted by Gasteiger charge is -2.34. The Morgan fingerprint density at radius 3 is 2.18 bits per heavy atom. The summed E-state index contributed by atoms with van der Waals surface area (Å²) in [6, 6.07) is 6.31. The zero-order chi connectivity index (χ0) is 16.1. The normalized spacial score (nSPS) is 15.0. The van der Waals surface area contributed by atoms with Crippen LogP contribution in [-0.2, 0) is 16.0 Å². The van der Waals surface area contributed by atoms with Crippen LogP contribution in [0.5, 0.6) is 0 Å². The molecule has 0 spiro atoms. The SMILES string of the molecule is Cc1ccc(CCC(=O)N2CCN(C(=O)CO)CC2)c(C)c1. The van der Waals surface area contributed by atoms with E-state index in [1.165, 1.54) is 16.7 Å². The number of aliphatic hydroxyl groups excluding tert-OH is 1. The molecule has 1 heterocycles.